The molecule has 2 fully saturated rings. The molecule has 1 unspecified atom stereocenters. The third kappa shape index (κ3) is 4.02. The van der Waals surface area contributed by atoms with Crippen molar-refractivity contribution in [3.05, 3.63) is 63.7 Å². The second kappa shape index (κ2) is 8.08. The summed E-state index contributed by atoms with van der Waals surface area (Å²) >= 11 is 0. The number of ether oxygens (including phenoxy) is 1. The number of rotatable bonds is 6. The van der Waals surface area contributed by atoms with Crippen LogP contribution in [0.4, 0.5) is 11.4 Å². The van der Waals surface area contributed by atoms with Gasteiger partial charge < -0.3 is 20.3 Å². The number of benzene rings is 2. The van der Waals surface area contributed by atoms with Crippen molar-refractivity contribution in [3.8, 4) is 5.75 Å². The molecule has 1 heterocycles. The van der Waals surface area contributed by atoms with Gasteiger partial charge in [0.1, 0.15) is 11.4 Å². The van der Waals surface area contributed by atoms with Crippen molar-refractivity contribution in [1.29, 1.82) is 0 Å². The van der Waals surface area contributed by atoms with Crippen LogP contribution in [0.3, 0.4) is 0 Å². The SMILES string of the molecule is COc1ccccc1C1CNCCN1C(=O)c1ccc(NC2CC2)c([N+](=O)[O-])c1. The Bertz CT molecular complexity index is 929. The van der Waals surface area contributed by atoms with Gasteiger partial charge >= 0.3 is 0 Å². The summed E-state index contributed by atoms with van der Waals surface area (Å²) in [5.74, 6) is 0.498. The zero-order chi connectivity index (χ0) is 20.4. The van der Waals surface area contributed by atoms with E-state index in [1.807, 2.05) is 24.3 Å². The first-order valence-electron chi connectivity index (χ1n) is 9.78. The zero-order valence-corrected chi connectivity index (χ0v) is 16.3. The third-order valence-electron chi connectivity index (χ3n) is 5.38. The van der Waals surface area contributed by atoms with Crippen molar-refractivity contribution < 1.29 is 14.5 Å². The maximum atomic E-state index is 13.3. The Morgan fingerprint density at radius 1 is 1.28 bits per heavy atom. The van der Waals surface area contributed by atoms with Gasteiger partial charge in [0.15, 0.2) is 0 Å². The van der Waals surface area contributed by atoms with Gasteiger partial charge in [-0.05, 0) is 31.0 Å². The number of nitro benzene ring substituents is 1. The van der Waals surface area contributed by atoms with Gasteiger partial charge in [0, 0.05) is 42.9 Å². The molecule has 8 heteroatoms. The molecule has 1 amide bonds. The van der Waals surface area contributed by atoms with Crippen molar-refractivity contribution in [3.63, 3.8) is 0 Å². The van der Waals surface area contributed by atoms with E-state index < -0.39 is 4.92 Å². The number of carbonyl (C=O) groups excluding carboxylic acids is 1. The van der Waals surface area contributed by atoms with Crippen molar-refractivity contribution in [2.45, 2.75) is 24.9 Å². The minimum absolute atomic E-state index is 0.0632. The lowest BCUT2D eigenvalue weighted by atomic mass is 10.0. The van der Waals surface area contributed by atoms with Crippen LogP contribution in [0.25, 0.3) is 0 Å². The van der Waals surface area contributed by atoms with Crippen LogP contribution >= 0.6 is 0 Å². The zero-order valence-electron chi connectivity index (χ0n) is 16.3. The highest BCUT2D eigenvalue weighted by atomic mass is 16.6. The van der Waals surface area contributed by atoms with E-state index in [2.05, 4.69) is 10.6 Å². The van der Waals surface area contributed by atoms with Crippen LogP contribution in [0.5, 0.6) is 5.75 Å². The molecule has 2 N–H and O–H groups in total. The Morgan fingerprint density at radius 2 is 2.07 bits per heavy atom. The fourth-order valence-electron chi connectivity index (χ4n) is 3.72. The molecule has 29 heavy (non-hydrogen) atoms. The smallest absolute Gasteiger partial charge is 0.293 e. The van der Waals surface area contributed by atoms with Crippen molar-refractivity contribution in [1.82, 2.24) is 10.2 Å². The molecule has 0 aromatic heterocycles. The van der Waals surface area contributed by atoms with Crippen LogP contribution < -0.4 is 15.4 Å². The van der Waals surface area contributed by atoms with E-state index in [0.717, 1.165) is 18.4 Å². The van der Waals surface area contributed by atoms with Crippen molar-refractivity contribution in [2.24, 2.45) is 0 Å². The molecule has 2 aliphatic rings. The lowest BCUT2D eigenvalue weighted by molar-refractivity contribution is -0.384. The number of nitro groups is 1. The van der Waals surface area contributed by atoms with Gasteiger partial charge in [-0.2, -0.15) is 0 Å². The molecule has 1 aliphatic heterocycles. The highest BCUT2D eigenvalue weighted by molar-refractivity contribution is 5.96. The molecule has 1 saturated carbocycles. The summed E-state index contributed by atoms with van der Waals surface area (Å²) in [6.45, 7) is 1.77. The minimum atomic E-state index is -0.434. The number of amides is 1. The molecule has 0 spiro atoms. The van der Waals surface area contributed by atoms with Gasteiger partial charge in [0.25, 0.3) is 11.6 Å². The van der Waals surface area contributed by atoms with Crippen LogP contribution in [-0.2, 0) is 0 Å². The number of para-hydroxylation sites is 1. The summed E-state index contributed by atoms with van der Waals surface area (Å²) in [6.07, 6.45) is 2.03. The minimum Gasteiger partial charge on any atom is -0.496 e. The first-order valence-corrected chi connectivity index (χ1v) is 9.78. The highest BCUT2D eigenvalue weighted by Crippen LogP contribution is 2.34. The van der Waals surface area contributed by atoms with E-state index in [4.69, 9.17) is 4.74 Å². The molecule has 0 bridgehead atoms. The number of anilines is 1. The van der Waals surface area contributed by atoms with E-state index in [9.17, 15) is 14.9 Å². The first-order chi connectivity index (χ1) is 14.1. The lowest BCUT2D eigenvalue weighted by Gasteiger charge is -2.37. The van der Waals surface area contributed by atoms with Gasteiger partial charge in [-0.15, -0.1) is 0 Å². The van der Waals surface area contributed by atoms with E-state index in [1.54, 1.807) is 24.1 Å². The Kier molecular flexibility index (Phi) is 5.35. The van der Waals surface area contributed by atoms with Crippen LogP contribution in [0, 0.1) is 10.1 Å². The first kappa shape index (κ1) is 19.2. The molecule has 1 saturated heterocycles. The molecule has 152 valence electrons. The van der Waals surface area contributed by atoms with Crippen molar-refractivity contribution >= 4 is 17.3 Å². The average Bonchev–Trinajstić information content (AvgIpc) is 3.57. The molecule has 2 aromatic rings. The number of piperazine rings is 1. The van der Waals surface area contributed by atoms with E-state index in [-0.39, 0.29) is 17.6 Å². The maximum Gasteiger partial charge on any atom is 0.293 e. The third-order valence-corrected chi connectivity index (χ3v) is 5.38. The molecule has 8 nitrogen and oxygen atoms in total. The molecule has 2 aromatic carbocycles. The summed E-state index contributed by atoms with van der Waals surface area (Å²) in [5, 5.41) is 18.0. The maximum absolute atomic E-state index is 13.3. The largest absolute Gasteiger partial charge is 0.496 e. The number of hydrogen-bond acceptors (Lipinski definition) is 6. The average molecular weight is 396 g/mol. The van der Waals surface area contributed by atoms with Gasteiger partial charge in [-0.25, -0.2) is 0 Å². The molecule has 4 rings (SSSR count). The summed E-state index contributed by atoms with van der Waals surface area (Å²) in [4.78, 5) is 26.2. The molecule has 0 radical (unpaired) electrons. The van der Waals surface area contributed by atoms with E-state index in [1.165, 1.54) is 6.07 Å². The molecule has 1 aliphatic carbocycles. The van der Waals surface area contributed by atoms with Gasteiger partial charge in [-0.3, -0.25) is 14.9 Å². The molecule has 1 atom stereocenters. The predicted molar refractivity (Wildman–Crippen MR) is 109 cm³/mol. The summed E-state index contributed by atoms with van der Waals surface area (Å²) in [7, 11) is 1.61. The van der Waals surface area contributed by atoms with E-state index in [0.29, 0.717) is 42.7 Å². The number of carbonyl (C=O) groups is 1. The quantitative estimate of drug-likeness (QED) is 0.576. The topological polar surface area (TPSA) is 96.7 Å². The summed E-state index contributed by atoms with van der Waals surface area (Å²) in [5.41, 5.74) is 1.64. The fraction of sp³-hybridized carbons (Fsp3) is 0.381. The normalized spacial score (nSPS) is 18.9. The predicted octanol–water partition coefficient (Wildman–Crippen LogP) is 2.96. The Balaban J connectivity index is 1.64. The second-order valence-corrected chi connectivity index (χ2v) is 7.37. The Morgan fingerprint density at radius 3 is 2.79 bits per heavy atom. The van der Waals surface area contributed by atoms with Crippen LogP contribution in [-0.4, -0.2) is 48.5 Å². The van der Waals surface area contributed by atoms with Crippen LogP contribution in [0.1, 0.15) is 34.8 Å². The highest BCUT2D eigenvalue weighted by Gasteiger charge is 2.32. The lowest BCUT2D eigenvalue weighted by Crippen LogP contribution is -2.48. The number of methoxy groups -OCH3 is 1. The number of nitrogens with zero attached hydrogens (tertiary/aromatic N) is 2. The Labute approximate surface area is 169 Å². The Hall–Kier alpha value is -3.13. The van der Waals surface area contributed by atoms with Gasteiger partial charge in [0.2, 0.25) is 0 Å². The second-order valence-electron chi connectivity index (χ2n) is 7.37. The standard InChI is InChI=1S/C21H24N4O4/c1-29-20-5-3-2-4-16(20)19-13-22-10-11-24(19)21(26)14-6-9-17(23-15-7-8-15)18(12-14)25(27)28/h2-6,9,12,15,19,22-23H,7-8,10-11,13H2,1H3. The van der Waals surface area contributed by atoms with Gasteiger partial charge in [0.05, 0.1) is 18.1 Å². The van der Waals surface area contributed by atoms with Crippen LogP contribution in [0.2, 0.25) is 0 Å². The van der Waals surface area contributed by atoms with Gasteiger partial charge in [-0.1, -0.05) is 18.2 Å². The monoisotopic (exact) mass is 396 g/mol. The molecular weight excluding hydrogens is 372 g/mol. The number of hydrogen-bond donors (Lipinski definition) is 2. The van der Waals surface area contributed by atoms with Crippen LogP contribution in [0.15, 0.2) is 42.5 Å². The molecular formula is C21H24N4O4. The van der Waals surface area contributed by atoms with Crippen molar-refractivity contribution in [2.75, 3.05) is 32.1 Å². The van der Waals surface area contributed by atoms with E-state index >= 15 is 0 Å². The fourth-order valence-corrected chi connectivity index (χ4v) is 3.72. The summed E-state index contributed by atoms with van der Waals surface area (Å²) < 4.78 is 5.48. The summed E-state index contributed by atoms with van der Waals surface area (Å²) in [6, 6.07) is 12.4. The number of nitrogens with one attached hydrogen (secondary N) is 2.